The lowest BCUT2D eigenvalue weighted by Crippen LogP contribution is -2.02. The minimum atomic E-state index is -0.513. The van der Waals surface area contributed by atoms with Crippen molar-refractivity contribution in [2.45, 2.75) is 13.5 Å². The molecule has 2 heterocycles. The molecule has 2 rings (SSSR count). The van der Waals surface area contributed by atoms with Crippen molar-refractivity contribution in [3.63, 3.8) is 0 Å². The van der Waals surface area contributed by atoms with Crippen LogP contribution in [0.2, 0.25) is 0 Å². The van der Waals surface area contributed by atoms with Crippen LogP contribution in [-0.2, 0) is 6.54 Å². The van der Waals surface area contributed by atoms with Crippen LogP contribution in [0.5, 0.6) is 0 Å². The van der Waals surface area contributed by atoms with Gasteiger partial charge in [-0.25, -0.2) is 4.98 Å². The van der Waals surface area contributed by atoms with Crippen LogP contribution < -0.4 is 5.32 Å². The molecule has 0 spiro atoms. The summed E-state index contributed by atoms with van der Waals surface area (Å²) in [6, 6.07) is 7.24. The summed E-state index contributed by atoms with van der Waals surface area (Å²) in [5.74, 6) is 0.000995. The number of halogens is 2. The lowest BCUT2D eigenvalue weighted by Gasteiger charge is -2.06. The average Bonchev–Trinajstić information content (AvgIpc) is 2.31. The Morgan fingerprint density at radius 2 is 2.18 bits per heavy atom. The van der Waals surface area contributed by atoms with Gasteiger partial charge in [-0.2, -0.15) is 4.39 Å². The molecule has 5 heteroatoms. The van der Waals surface area contributed by atoms with Gasteiger partial charge in [-0.15, -0.1) is 0 Å². The van der Waals surface area contributed by atoms with Gasteiger partial charge < -0.3 is 5.32 Å². The smallest absolute Gasteiger partial charge is 0.229 e. The molecule has 0 saturated carbocycles. The van der Waals surface area contributed by atoms with E-state index in [0.717, 1.165) is 11.3 Å². The quantitative estimate of drug-likeness (QED) is 0.883. The summed E-state index contributed by atoms with van der Waals surface area (Å²) in [6.07, 6.45) is 1.75. The van der Waals surface area contributed by atoms with Crippen molar-refractivity contribution in [3.05, 3.63) is 52.1 Å². The van der Waals surface area contributed by atoms with Crippen molar-refractivity contribution in [2.24, 2.45) is 0 Å². The first-order valence-corrected chi connectivity index (χ1v) is 5.92. The van der Waals surface area contributed by atoms with Crippen LogP contribution in [0.15, 0.2) is 34.9 Å². The molecule has 0 unspecified atom stereocenters. The first kappa shape index (κ1) is 12.0. The second-order valence-corrected chi connectivity index (χ2v) is 4.48. The maximum absolute atomic E-state index is 13.2. The lowest BCUT2D eigenvalue weighted by molar-refractivity contribution is 0.578. The molecule has 0 aromatic carbocycles. The molecule has 2 aromatic rings. The van der Waals surface area contributed by atoms with Gasteiger partial charge in [-0.1, -0.05) is 0 Å². The zero-order valence-corrected chi connectivity index (χ0v) is 10.8. The van der Waals surface area contributed by atoms with Gasteiger partial charge >= 0.3 is 0 Å². The van der Waals surface area contributed by atoms with Gasteiger partial charge in [-0.05, 0) is 52.7 Å². The van der Waals surface area contributed by atoms with Crippen LogP contribution in [0.1, 0.15) is 11.3 Å². The van der Waals surface area contributed by atoms with E-state index >= 15 is 0 Å². The van der Waals surface area contributed by atoms with Crippen LogP contribution in [0, 0.1) is 12.9 Å². The minimum absolute atomic E-state index is 0.364. The Hall–Kier alpha value is -1.49. The fraction of sp³-hybridized carbons (Fsp3) is 0.167. The number of aryl methyl sites for hydroxylation is 1. The highest BCUT2D eigenvalue weighted by molar-refractivity contribution is 9.10. The van der Waals surface area contributed by atoms with E-state index in [1.165, 1.54) is 0 Å². The summed E-state index contributed by atoms with van der Waals surface area (Å²) < 4.78 is 13.5. The summed E-state index contributed by atoms with van der Waals surface area (Å²) in [5.41, 5.74) is 2.04. The highest BCUT2D eigenvalue weighted by Gasteiger charge is 2.02. The molecule has 1 N–H and O–H groups in total. The molecule has 3 nitrogen and oxygen atoms in total. The molecule has 88 valence electrons. The molecule has 0 aliphatic heterocycles. The van der Waals surface area contributed by atoms with E-state index in [2.05, 4.69) is 31.2 Å². The van der Waals surface area contributed by atoms with Crippen LogP contribution in [0.25, 0.3) is 0 Å². The summed E-state index contributed by atoms with van der Waals surface area (Å²) in [6.45, 7) is 2.53. The average molecular weight is 296 g/mol. The lowest BCUT2D eigenvalue weighted by atomic mass is 10.2. The summed E-state index contributed by atoms with van der Waals surface area (Å²) in [7, 11) is 0. The van der Waals surface area contributed by atoms with E-state index in [0.29, 0.717) is 16.8 Å². The van der Waals surface area contributed by atoms with E-state index in [1.54, 1.807) is 18.3 Å². The second-order valence-electron chi connectivity index (χ2n) is 3.63. The number of nitrogens with one attached hydrogen (secondary N) is 1. The van der Waals surface area contributed by atoms with Gasteiger partial charge in [0.05, 0.1) is 4.47 Å². The van der Waals surface area contributed by atoms with Crippen LogP contribution in [-0.4, -0.2) is 9.97 Å². The highest BCUT2D eigenvalue weighted by atomic mass is 79.9. The van der Waals surface area contributed by atoms with Crippen molar-refractivity contribution in [1.82, 2.24) is 9.97 Å². The Kier molecular flexibility index (Phi) is 3.68. The van der Waals surface area contributed by atoms with Gasteiger partial charge in [0.2, 0.25) is 5.95 Å². The van der Waals surface area contributed by atoms with Crippen LogP contribution >= 0.6 is 15.9 Å². The van der Waals surface area contributed by atoms with Crippen molar-refractivity contribution >= 4 is 21.7 Å². The number of hydrogen-bond donors (Lipinski definition) is 1. The summed E-state index contributed by atoms with van der Waals surface area (Å²) in [5, 5.41) is 3.06. The van der Waals surface area contributed by atoms with Crippen molar-refractivity contribution in [3.8, 4) is 0 Å². The maximum Gasteiger partial charge on any atom is 0.229 e. The molecule has 0 atom stereocenters. The molecule has 0 bridgehead atoms. The van der Waals surface area contributed by atoms with Gasteiger partial charge in [0, 0.05) is 18.4 Å². The predicted molar refractivity (Wildman–Crippen MR) is 68.2 cm³/mol. The third kappa shape index (κ3) is 3.23. The fourth-order valence-electron chi connectivity index (χ4n) is 1.42. The SMILES string of the molecule is Cc1cc(CNc2ccc(Br)c(F)n2)ccn1. The van der Waals surface area contributed by atoms with Crippen LogP contribution in [0.3, 0.4) is 0 Å². The van der Waals surface area contributed by atoms with E-state index in [9.17, 15) is 4.39 Å². The Bertz CT molecular complexity index is 531. The number of aromatic nitrogens is 2. The second kappa shape index (κ2) is 5.23. The third-order valence-corrected chi connectivity index (χ3v) is 2.83. The number of anilines is 1. The number of hydrogen-bond acceptors (Lipinski definition) is 3. The Morgan fingerprint density at radius 1 is 1.35 bits per heavy atom. The molecular formula is C12H11BrFN3. The van der Waals surface area contributed by atoms with E-state index in [-0.39, 0.29) is 0 Å². The Morgan fingerprint density at radius 3 is 2.88 bits per heavy atom. The Labute approximate surface area is 107 Å². The fourth-order valence-corrected chi connectivity index (χ4v) is 1.64. The molecule has 2 aromatic heterocycles. The summed E-state index contributed by atoms with van der Waals surface area (Å²) in [4.78, 5) is 7.88. The molecule has 0 fully saturated rings. The number of pyridine rings is 2. The largest absolute Gasteiger partial charge is 0.366 e. The third-order valence-electron chi connectivity index (χ3n) is 2.24. The molecular weight excluding hydrogens is 285 g/mol. The standard InChI is InChI=1S/C12H11BrFN3/c1-8-6-9(4-5-15-8)7-16-11-3-2-10(13)12(14)17-11/h2-6H,7H2,1H3,(H,16,17). The van der Waals surface area contributed by atoms with E-state index in [1.807, 2.05) is 19.1 Å². The van der Waals surface area contributed by atoms with Crippen molar-refractivity contribution in [1.29, 1.82) is 0 Å². The summed E-state index contributed by atoms with van der Waals surface area (Å²) >= 11 is 3.06. The minimum Gasteiger partial charge on any atom is -0.366 e. The molecule has 17 heavy (non-hydrogen) atoms. The van der Waals surface area contributed by atoms with Crippen LogP contribution in [0.4, 0.5) is 10.2 Å². The molecule has 0 saturated heterocycles. The normalized spacial score (nSPS) is 10.3. The van der Waals surface area contributed by atoms with Gasteiger partial charge in [-0.3, -0.25) is 4.98 Å². The zero-order chi connectivity index (χ0) is 12.3. The van der Waals surface area contributed by atoms with E-state index < -0.39 is 5.95 Å². The predicted octanol–water partition coefficient (Wildman–Crippen LogP) is 3.30. The number of rotatable bonds is 3. The Balaban J connectivity index is 2.05. The maximum atomic E-state index is 13.2. The van der Waals surface area contributed by atoms with Crippen molar-refractivity contribution in [2.75, 3.05) is 5.32 Å². The zero-order valence-electron chi connectivity index (χ0n) is 9.24. The van der Waals surface area contributed by atoms with E-state index in [4.69, 9.17) is 0 Å². The van der Waals surface area contributed by atoms with Gasteiger partial charge in [0.15, 0.2) is 0 Å². The highest BCUT2D eigenvalue weighted by Crippen LogP contribution is 2.16. The van der Waals surface area contributed by atoms with Gasteiger partial charge in [0.1, 0.15) is 5.82 Å². The topological polar surface area (TPSA) is 37.8 Å². The molecule has 0 amide bonds. The molecule has 0 aliphatic rings. The number of nitrogens with zero attached hydrogens (tertiary/aromatic N) is 2. The van der Waals surface area contributed by atoms with Crippen molar-refractivity contribution < 1.29 is 4.39 Å². The molecule has 0 aliphatic carbocycles. The molecule has 0 radical (unpaired) electrons. The monoisotopic (exact) mass is 295 g/mol. The van der Waals surface area contributed by atoms with Gasteiger partial charge in [0.25, 0.3) is 0 Å². The first-order chi connectivity index (χ1) is 8.15. The first-order valence-electron chi connectivity index (χ1n) is 5.12.